The topological polar surface area (TPSA) is 46.0 Å². The van der Waals surface area contributed by atoms with Crippen molar-refractivity contribution in [2.75, 3.05) is 6.26 Å². The lowest BCUT2D eigenvalue weighted by molar-refractivity contribution is 0.195. The largest absolute Gasteiger partial charge is 0.389 e. The van der Waals surface area contributed by atoms with Gasteiger partial charge in [-0.25, -0.2) is 4.39 Å². The highest BCUT2D eigenvalue weighted by Gasteiger charge is 2.16. The average molecular weight is 302 g/mol. The second kappa shape index (κ2) is 6.01. The fourth-order valence-corrected chi connectivity index (χ4v) is 3.97. The van der Waals surface area contributed by atoms with Gasteiger partial charge in [0.15, 0.2) is 8.68 Å². The molecule has 7 heteroatoms. The Labute approximate surface area is 117 Å². The number of aliphatic hydroxyl groups is 1. The molecular formula is C11H11FN2OS3. The van der Waals surface area contributed by atoms with E-state index in [1.165, 1.54) is 40.9 Å². The monoisotopic (exact) mass is 302 g/mol. The molecule has 18 heavy (non-hydrogen) atoms. The van der Waals surface area contributed by atoms with E-state index in [0.717, 1.165) is 4.34 Å². The smallest absolute Gasteiger partial charge is 0.180 e. The number of aromatic nitrogens is 2. The van der Waals surface area contributed by atoms with Crippen molar-refractivity contribution in [2.24, 2.45) is 0 Å². The molecule has 0 radical (unpaired) electrons. The summed E-state index contributed by atoms with van der Waals surface area (Å²) in [5.74, 6) is -0.348. The number of hydrogen-bond donors (Lipinski definition) is 1. The van der Waals surface area contributed by atoms with Crippen molar-refractivity contribution in [3.05, 3.63) is 29.6 Å². The summed E-state index contributed by atoms with van der Waals surface area (Å²) < 4.78 is 15.3. The SMILES string of the molecule is CSc1nnc(Sc2c(F)cccc2[C@H](C)O)s1. The molecule has 2 aromatic rings. The Morgan fingerprint density at radius 1 is 1.33 bits per heavy atom. The molecule has 3 nitrogen and oxygen atoms in total. The first-order chi connectivity index (χ1) is 8.61. The first-order valence-electron chi connectivity index (χ1n) is 5.13. The van der Waals surface area contributed by atoms with Gasteiger partial charge in [-0.15, -0.1) is 10.2 Å². The maximum Gasteiger partial charge on any atom is 0.180 e. The molecule has 1 atom stereocenters. The highest BCUT2D eigenvalue weighted by Crippen LogP contribution is 2.37. The minimum Gasteiger partial charge on any atom is -0.389 e. The average Bonchev–Trinajstić information content (AvgIpc) is 2.79. The Balaban J connectivity index is 2.33. The number of benzene rings is 1. The lowest BCUT2D eigenvalue weighted by Crippen LogP contribution is -1.96. The van der Waals surface area contributed by atoms with Crippen molar-refractivity contribution in [1.29, 1.82) is 0 Å². The van der Waals surface area contributed by atoms with Crippen LogP contribution in [0.4, 0.5) is 4.39 Å². The second-order valence-electron chi connectivity index (χ2n) is 3.47. The predicted molar refractivity (Wildman–Crippen MR) is 72.8 cm³/mol. The molecule has 0 aliphatic rings. The van der Waals surface area contributed by atoms with Crippen LogP contribution < -0.4 is 0 Å². The van der Waals surface area contributed by atoms with Gasteiger partial charge in [0.1, 0.15) is 5.82 Å². The number of aliphatic hydroxyl groups excluding tert-OH is 1. The Hall–Kier alpha value is -0.630. The molecule has 0 saturated heterocycles. The van der Waals surface area contributed by atoms with Crippen LogP contribution in [0, 0.1) is 5.82 Å². The Bertz CT molecular complexity index is 545. The summed E-state index contributed by atoms with van der Waals surface area (Å²) in [4.78, 5) is 0.413. The summed E-state index contributed by atoms with van der Waals surface area (Å²) in [5, 5.41) is 17.6. The maximum atomic E-state index is 13.8. The number of thioether (sulfide) groups is 1. The number of nitrogens with zero attached hydrogens (tertiary/aromatic N) is 2. The van der Waals surface area contributed by atoms with Crippen LogP contribution in [0.3, 0.4) is 0 Å². The zero-order valence-electron chi connectivity index (χ0n) is 9.75. The molecule has 1 heterocycles. The highest BCUT2D eigenvalue weighted by atomic mass is 32.2. The first-order valence-corrected chi connectivity index (χ1v) is 7.99. The van der Waals surface area contributed by atoms with Crippen molar-refractivity contribution in [3.8, 4) is 0 Å². The molecule has 0 saturated carbocycles. The van der Waals surface area contributed by atoms with Crippen LogP contribution in [0.2, 0.25) is 0 Å². The van der Waals surface area contributed by atoms with E-state index in [4.69, 9.17) is 0 Å². The Morgan fingerprint density at radius 3 is 2.67 bits per heavy atom. The maximum absolute atomic E-state index is 13.8. The van der Waals surface area contributed by atoms with Crippen LogP contribution in [-0.2, 0) is 0 Å². The van der Waals surface area contributed by atoms with Crippen LogP contribution in [0.25, 0.3) is 0 Å². The standard InChI is InChI=1S/C11H11FN2OS3/c1-6(15)7-4-3-5-8(12)9(7)17-11-14-13-10(16-2)18-11/h3-6,15H,1-2H3/t6-/m0/s1. The van der Waals surface area contributed by atoms with Crippen LogP contribution in [0.15, 0.2) is 31.8 Å². The van der Waals surface area contributed by atoms with Gasteiger partial charge in [0.25, 0.3) is 0 Å². The van der Waals surface area contributed by atoms with Gasteiger partial charge in [0.05, 0.1) is 11.0 Å². The normalized spacial score (nSPS) is 12.7. The fourth-order valence-electron chi connectivity index (χ4n) is 1.37. The molecule has 0 amide bonds. The quantitative estimate of drug-likeness (QED) is 0.874. The van der Waals surface area contributed by atoms with Gasteiger partial charge in [-0.2, -0.15) is 0 Å². The molecule has 1 aromatic carbocycles. The van der Waals surface area contributed by atoms with E-state index in [1.54, 1.807) is 19.1 Å². The summed E-state index contributed by atoms with van der Waals surface area (Å²) >= 11 is 4.12. The van der Waals surface area contributed by atoms with Crippen LogP contribution in [0.1, 0.15) is 18.6 Å². The van der Waals surface area contributed by atoms with Crippen LogP contribution in [0.5, 0.6) is 0 Å². The molecule has 1 N–H and O–H groups in total. The van der Waals surface area contributed by atoms with Crippen LogP contribution >= 0.6 is 34.9 Å². The van der Waals surface area contributed by atoms with E-state index < -0.39 is 6.10 Å². The van der Waals surface area contributed by atoms with E-state index in [0.29, 0.717) is 14.8 Å². The van der Waals surface area contributed by atoms with E-state index in [2.05, 4.69) is 10.2 Å². The minimum atomic E-state index is -0.712. The summed E-state index contributed by atoms with van der Waals surface area (Å²) in [5.41, 5.74) is 0.570. The van der Waals surface area contributed by atoms with Gasteiger partial charge in [-0.1, -0.05) is 47.0 Å². The molecule has 0 aliphatic heterocycles. The zero-order chi connectivity index (χ0) is 13.1. The molecule has 0 aliphatic carbocycles. The summed E-state index contributed by atoms with van der Waals surface area (Å²) in [6, 6.07) is 4.69. The molecule has 0 bridgehead atoms. The van der Waals surface area contributed by atoms with Crippen molar-refractivity contribution >= 4 is 34.9 Å². The lowest BCUT2D eigenvalue weighted by Gasteiger charge is -2.10. The predicted octanol–water partition coefficient (Wildman–Crippen LogP) is 3.60. The van der Waals surface area contributed by atoms with E-state index in [1.807, 2.05) is 6.26 Å². The Kier molecular flexibility index (Phi) is 4.60. The minimum absolute atomic E-state index is 0.348. The van der Waals surface area contributed by atoms with Gasteiger partial charge >= 0.3 is 0 Å². The third-order valence-electron chi connectivity index (χ3n) is 2.20. The van der Waals surface area contributed by atoms with Gasteiger partial charge in [-0.05, 0) is 24.8 Å². The molecule has 96 valence electrons. The van der Waals surface area contributed by atoms with Gasteiger partial charge in [-0.3, -0.25) is 0 Å². The molecule has 1 aromatic heterocycles. The molecule has 0 fully saturated rings. The van der Waals surface area contributed by atoms with Gasteiger partial charge in [0, 0.05) is 0 Å². The van der Waals surface area contributed by atoms with Crippen molar-refractivity contribution < 1.29 is 9.50 Å². The van der Waals surface area contributed by atoms with E-state index in [9.17, 15) is 9.50 Å². The summed E-state index contributed by atoms with van der Waals surface area (Å²) in [6.07, 6.45) is 1.20. The van der Waals surface area contributed by atoms with E-state index >= 15 is 0 Å². The fraction of sp³-hybridized carbons (Fsp3) is 0.273. The molecule has 0 spiro atoms. The molecular weight excluding hydrogens is 291 g/mol. The third kappa shape index (κ3) is 3.03. The summed E-state index contributed by atoms with van der Waals surface area (Å²) in [7, 11) is 0. The number of rotatable bonds is 4. The zero-order valence-corrected chi connectivity index (χ0v) is 12.2. The summed E-state index contributed by atoms with van der Waals surface area (Å²) in [6.45, 7) is 1.62. The molecule has 0 unspecified atom stereocenters. The van der Waals surface area contributed by atoms with E-state index in [-0.39, 0.29) is 5.82 Å². The first kappa shape index (κ1) is 13.8. The van der Waals surface area contributed by atoms with Crippen LogP contribution in [-0.4, -0.2) is 21.6 Å². The Morgan fingerprint density at radius 2 is 2.06 bits per heavy atom. The lowest BCUT2D eigenvalue weighted by atomic mass is 10.1. The van der Waals surface area contributed by atoms with Gasteiger partial charge < -0.3 is 5.11 Å². The van der Waals surface area contributed by atoms with Gasteiger partial charge in [0.2, 0.25) is 0 Å². The number of halogens is 1. The highest BCUT2D eigenvalue weighted by molar-refractivity contribution is 8.03. The third-order valence-corrected chi connectivity index (χ3v) is 5.28. The number of hydrogen-bond acceptors (Lipinski definition) is 6. The van der Waals surface area contributed by atoms with Crippen molar-refractivity contribution in [3.63, 3.8) is 0 Å². The molecule has 2 rings (SSSR count). The van der Waals surface area contributed by atoms with Crippen molar-refractivity contribution in [2.45, 2.75) is 26.6 Å². The van der Waals surface area contributed by atoms with Crippen molar-refractivity contribution in [1.82, 2.24) is 10.2 Å². The second-order valence-corrected chi connectivity index (χ2v) is 6.76.